The average Bonchev–Trinajstić information content (AvgIpc) is 2.71. The number of carbonyl (C=O) groups is 1. The summed E-state index contributed by atoms with van der Waals surface area (Å²) in [5.41, 5.74) is -0.880. The molecule has 1 unspecified atom stereocenters. The number of amides is 1. The summed E-state index contributed by atoms with van der Waals surface area (Å²) < 4.78 is 4.72. The molecule has 1 heterocycles. The Kier molecular flexibility index (Phi) is 5.77. The molecule has 0 fully saturated rings. The highest BCUT2D eigenvalue weighted by atomic mass is 16.5. The van der Waals surface area contributed by atoms with Gasteiger partial charge in [-0.1, -0.05) is 49.3 Å². The van der Waals surface area contributed by atoms with Gasteiger partial charge in [0.15, 0.2) is 5.60 Å². The first kappa shape index (κ1) is 21.3. The minimum atomic E-state index is -1.77. The predicted molar refractivity (Wildman–Crippen MR) is 116 cm³/mol. The average molecular weight is 404 g/mol. The van der Waals surface area contributed by atoms with Gasteiger partial charge in [-0.2, -0.15) is 0 Å². The van der Waals surface area contributed by atoms with E-state index < -0.39 is 22.5 Å². The van der Waals surface area contributed by atoms with Crippen LogP contribution in [0.15, 0.2) is 57.8 Å². The molecule has 0 saturated heterocycles. The molecule has 30 heavy (non-hydrogen) atoms. The fraction of sp³-hybridized carbons (Fsp3) is 0.292. The lowest BCUT2D eigenvalue weighted by Crippen LogP contribution is -2.47. The smallest absolute Gasteiger partial charge is 0.366 e. The van der Waals surface area contributed by atoms with Gasteiger partial charge >= 0.3 is 5.63 Å². The van der Waals surface area contributed by atoms with E-state index in [-0.39, 0.29) is 12.8 Å². The van der Waals surface area contributed by atoms with Gasteiger partial charge < -0.3 is 14.9 Å². The molecule has 154 valence electrons. The van der Waals surface area contributed by atoms with E-state index in [4.69, 9.17) is 10.9 Å². The highest BCUT2D eigenvalue weighted by molar-refractivity contribution is 5.99. The van der Waals surface area contributed by atoms with Crippen LogP contribution >= 0.6 is 0 Å². The first-order chi connectivity index (χ1) is 14.2. The third kappa shape index (κ3) is 4.27. The van der Waals surface area contributed by atoms with Crippen LogP contribution in [-0.2, 0) is 10.2 Å². The van der Waals surface area contributed by atoms with Crippen molar-refractivity contribution in [3.05, 3.63) is 70.2 Å². The number of aryl methyl sites for hydroxylation is 1. The molecule has 0 aliphatic carbocycles. The van der Waals surface area contributed by atoms with Crippen LogP contribution < -0.4 is 10.9 Å². The number of hydrogen-bond acceptors (Lipinski definition) is 5. The largest absolute Gasteiger partial charge is 0.379 e. The van der Waals surface area contributed by atoms with E-state index in [1.54, 1.807) is 25.1 Å². The number of aliphatic hydroxyl groups is 1. The van der Waals surface area contributed by atoms with Gasteiger partial charge in [0, 0.05) is 17.5 Å². The number of aromatic nitrogens is 1. The van der Waals surface area contributed by atoms with Crippen molar-refractivity contribution in [2.45, 2.75) is 44.6 Å². The molecule has 1 amide bonds. The molecule has 0 saturated carbocycles. The van der Waals surface area contributed by atoms with Crippen LogP contribution in [0.2, 0.25) is 0 Å². The molecule has 1 atom stereocenters. The van der Waals surface area contributed by atoms with E-state index in [2.05, 4.69) is 16.4 Å². The Labute approximate surface area is 174 Å². The molecular formula is C24H24N2O4. The van der Waals surface area contributed by atoms with Crippen LogP contribution in [0.3, 0.4) is 0 Å². The zero-order valence-corrected chi connectivity index (χ0v) is 17.2. The summed E-state index contributed by atoms with van der Waals surface area (Å²) in [6.07, 6.45) is 5.48. The van der Waals surface area contributed by atoms with Gasteiger partial charge in [0.05, 0.1) is 11.1 Å². The van der Waals surface area contributed by atoms with E-state index in [0.29, 0.717) is 22.2 Å². The molecule has 0 aliphatic heterocycles. The Morgan fingerprint density at radius 3 is 2.57 bits per heavy atom. The fourth-order valence-corrected chi connectivity index (χ4v) is 3.67. The molecule has 0 aliphatic rings. The second-order valence-electron chi connectivity index (χ2n) is 8.11. The number of fused-ring (bicyclic) bond motifs is 1. The van der Waals surface area contributed by atoms with Crippen LogP contribution in [0, 0.1) is 19.3 Å². The molecule has 6 heteroatoms. The van der Waals surface area contributed by atoms with Crippen LogP contribution in [0.5, 0.6) is 0 Å². The summed E-state index contributed by atoms with van der Waals surface area (Å²) in [6, 6.07) is 14.4. The van der Waals surface area contributed by atoms with E-state index in [1.165, 1.54) is 0 Å². The molecule has 3 rings (SSSR count). The lowest BCUT2D eigenvalue weighted by atomic mass is 9.74. The Balaban J connectivity index is 1.90. The van der Waals surface area contributed by atoms with Gasteiger partial charge in [0.25, 0.3) is 5.91 Å². The molecule has 1 aromatic heterocycles. The summed E-state index contributed by atoms with van der Waals surface area (Å²) >= 11 is 0. The number of nitrogens with zero attached hydrogens (tertiary/aromatic N) is 1. The van der Waals surface area contributed by atoms with Crippen molar-refractivity contribution in [1.82, 2.24) is 5.16 Å². The molecule has 2 aromatic carbocycles. The molecule has 0 radical (unpaired) electrons. The van der Waals surface area contributed by atoms with Gasteiger partial charge in [-0.3, -0.25) is 4.79 Å². The third-order valence-electron chi connectivity index (χ3n) is 5.26. The molecule has 0 spiro atoms. The van der Waals surface area contributed by atoms with Gasteiger partial charge in [-0.25, -0.2) is 4.79 Å². The second-order valence-corrected chi connectivity index (χ2v) is 8.11. The summed E-state index contributed by atoms with van der Waals surface area (Å²) in [5, 5.41) is 18.6. The highest BCUT2D eigenvalue weighted by Crippen LogP contribution is 2.34. The van der Waals surface area contributed by atoms with E-state index in [0.717, 1.165) is 5.56 Å². The standard InChI is InChI=1S/C24H24N2O4/c1-5-13-24(29,15-23(3,4)17-9-7-6-8-10-17)22(28)25-18-11-12-19-20(14-18)16(2)26-30-21(19)27/h1,6-12,14,29H,13,15H2,2-4H3,(H,25,28). The third-order valence-corrected chi connectivity index (χ3v) is 5.26. The van der Waals surface area contributed by atoms with Gasteiger partial charge in [0.1, 0.15) is 0 Å². The molecule has 2 N–H and O–H groups in total. The zero-order chi connectivity index (χ0) is 21.9. The van der Waals surface area contributed by atoms with Gasteiger partial charge in [0.2, 0.25) is 0 Å². The normalized spacial score (nSPS) is 13.4. The fourth-order valence-electron chi connectivity index (χ4n) is 3.67. The topological polar surface area (TPSA) is 92.4 Å². The number of anilines is 1. The summed E-state index contributed by atoms with van der Waals surface area (Å²) in [4.78, 5) is 24.9. The van der Waals surface area contributed by atoms with Gasteiger partial charge in [-0.05, 0) is 42.5 Å². The summed E-state index contributed by atoms with van der Waals surface area (Å²) in [5.74, 6) is 1.82. The highest BCUT2D eigenvalue weighted by Gasteiger charge is 2.41. The summed E-state index contributed by atoms with van der Waals surface area (Å²) in [6.45, 7) is 5.62. The number of carbonyl (C=O) groups excluding carboxylic acids is 1. The monoisotopic (exact) mass is 404 g/mol. The van der Waals surface area contributed by atoms with Crippen molar-refractivity contribution < 1.29 is 14.4 Å². The number of nitrogens with one attached hydrogen (secondary N) is 1. The van der Waals surface area contributed by atoms with Crippen molar-refractivity contribution in [1.29, 1.82) is 0 Å². The van der Waals surface area contributed by atoms with Crippen LogP contribution in [0.25, 0.3) is 10.8 Å². The lowest BCUT2D eigenvalue weighted by molar-refractivity contribution is -0.135. The summed E-state index contributed by atoms with van der Waals surface area (Å²) in [7, 11) is 0. The van der Waals surface area contributed by atoms with Crippen molar-refractivity contribution in [2.75, 3.05) is 5.32 Å². The molecule has 6 nitrogen and oxygen atoms in total. The predicted octanol–water partition coefficient (Wildman–Crippen LogP) is 3.56. The van der Waals surface area contributed by atoms with Crippen molar-refractivity contribution in [3.8, 4) is 12.3 Å². The minimum Gasteiger partial charge on any atom is -0.379 e. The Morgan fingerprint density at radius 1 is 1.20 bits per heavy atom. The van der Waals surface area contributed by atoms with E-state index in [9.17, 15) is 14.7 Å². The molecule has 3 aromatic rings. The lowest BCUT2D eigenvalue weighted by Gasteiger charge is -2.34. The molecule has 0 bridgehead atoms. The van der Waals surface area contributed by atoms with Gasteiger partial charge in [-0.15, -0.1) is 12.3 Å². The van der Waals surface area contributed by atoms with E-state index >= 15 is 0 Å². The first-order valence-electron chi connectivity index (χ1n) is 9.59. The van der Waals surface area contributed by atoms with E-state index in [1.807, 2.05) is 44.2 Å². The maximum Gasteiger partial charge on any atom is 0.366 e. The zero-order valence-electron chi connectivity index (χ0n) is 17.2. The first-order valence-corrected chi connectivity index (χ1v) is 9.59. The number of hydrogen-bond donors (Lipinski definition) is 2. The quantitative estimate of drug-likeness (QED) is 0.613. The van der Waals surface area contributed by atoms with Crippen LogP contribution in [-0.4, -0.2) is 21.8 Å². The van der Waals surface area contributed by atoms with Crippen molar-refractivity contribution >= 4 is 22.4 Å². The SMILES string of the molecule is C#CCC(O)(CC(C)(C)c1ccccc1)C(=O)Nc1ccc2c(=O)onc(C)c2c1. The minimum absolute atomic E-state index is 0.132. The van der Waals surface area contributed by atoms with Crippen LogP contribution in [0.4, 0.5) is 5.69 Å². The maximum absolute atomic E-state index is 13.1. The Hall–Kier alpha value is -3.43. The van der Waals surface area contributed by atoms with Crippen molar-refractivity contribution in [2.24, 2.45) is 0 Å². The number of rotatable bonds is 6. The Bertz CT molecular complexity index is 1180. The molecular weight excluding hydrogens is 380 g/mol. The van der Waals surface area contributed by atoms with Crippen molar-refractivity contribution in [3.63, 3.8) is 0 Å². The maximum atomic E-state index is 13.1. The van der Waals surface area contributed by atoms with Crippen LogP contribution in [0.1, 0.15) is 37.9 Å². The number of terminal acetylenes is 1. The number of benzene rings is 2. The Morgan fingerprint density at radius 2 is 1.90 bits per heavy atom. The second kappa shape index (κ2) is 8.13.